The van der Waals surface area contributed by atoms with Gasteiger partial charge in [0, 0.05) is 30.6 Å². The number of nitrogens with zero attached hydrogens (tertiary/aromatic N) is 2. The molecule has 2 aromatic rings. The summed E-state index contributed by atoms with van der Waals surface area (Å²) in [6.07, 6.45) is 1.80. The van der Waals surface area contributed by atoms with Crippen molar-refractivity contribution >= 4 is 28.2 Å². The van der Waals surface area contributed by atoms with Crippen LogP contribution in [0.15, 0.2) is 24.4 Å². The minimum absolute atomic E-state index is 0.0658. The molecular weight excluding hydrogens is 264 g/mol. The van der Waals surface area contributed by atoms with E-state index in [1.54, 1.807) is 6.20 Å². The lowest BCUT2D eigenvalue weighted by molar-refractivity contribution is 0.174. The Morgan fingerprint density at radius 3 is 2.84 bits per heavy atom. The fraction of sp³-hybridized carbons (Fsp3) is 0.357. The summed E-state index contributed by atoms with van der Waals surface area (Å²) in [6, 6.07) is 5.94. The van der Waals surface area contributed by atoms with Gasteiger partial charge in [0.25, 0.3) is 0 Å². The van der Waals surface area contributed by atoms with Gasteiger partial charge in [-0.25, -0.2) is 4.98 Å². The minimum Gasteiger partial charge on any atom is -0.454 e. The second-order valence-electron chi connectivity index (χ2n) is 4.72. The SMILES string of the molecule is CC(Cl)CN(C)c1nccc2cc3c(cc12)OCO3. The third-order valence-corrected chi connectivity index (χ3v) is 3.26. The molecule has 4 nitrogen and oxygen atoms in total. The topological polar surface area (TPSA) is 34.6 Å². The van der Waals surface area contributed by atoms with Gasteiger partial charge < -0.3 is 14.4 Å². The summed E-state index contributed by atoms with van der Waals surface area (Å²) in [7, 11) is 1.99. The van der Waals surface area contributed by atoms with E-state index in [1.807, 2.05) is 32.2 Å². The molecule has 1 atom stereocenters. The van der Waals surface area contributed by atoms with E-state index in [0.29, 0.717) is 0 Å². The number of alkyl halides is 1. The molecule has 1 aromatic heterocycles. The number of halogens is 1. The molecule has 0 aliphatic carbocycles. The van der Waals surface area contributed by atoms with Crippen molar-refractivity contribution < 1.29 is 9.47 Å². The zero-order valence-corrected chi connectivity index (χ0v) is 11.6. The van der Waals surface area contributed by atoms with Gasteiger partial charge >= 0.3 is 0 Å². The molecule has 1 aliphatic heterocycles. The lowest BCUT2D eigenvalue weighted by Crippen LogP contribution is -2.25. The Bertz CT molecular complexity index is 616. The molecule has 19 heavy (non-hydrogen) atoms. The summed E-state index contributed by atoms with van der Waals surface area (Å²) in [5, 5.41) is 2.20. The second-order valence-corrected chi connectivity index (χ2v) is 5.47. The molecule has 0 saturated carbocycles. The number of aromatic nitrogens is 1. The Morgan fingerprint density at radius 1 is 1.37 bits per heavy atom. The van der Waals surface area contributed by atoms with E-state index >= 15 is 0 Å². The monoisotopic (exact) mass is 278 g/mol. The lowest BCUT2D eigenvalue weighted by Gasteiger charge is -2.21. The minimum atomic E-state index is 0.0658. The third-order valence-electron chi connectivity index (χ3n) is 3.12. The summed E-state index contributed by atoms with van der Waals surface area (Å²) in [6.45, 7) is 2.99. The van der Waals surface area contributed by atoms with Crippen molar-refractivity contribution in [3.8, 4) is 11.5 Å². The maximum atomic E-state index is 6.05. The summed E-state index contributed by atoms with van der Waals surface area (Å²) in [5.41, 5.74) is 0. The smallest absolute Gasteiger partial charge is 0.231 e. The van der Waals surface area contributed by atoms with Crippen LogP contribution in [0.3, 0.4) is 0 Å². The summed E-state index contributed by atoms with van der Waals surface area (Å²) < 4.78 is 10.8. The highest BCUT2D eigenvalue weighted by Crippen LogP contribution is 2.38. The maximum absolute atomic E-state index is 6.05. The Kier molecular flexibility index (Phi) is 3.11. The molecule has 5 heteroatoms. The van der Waals surface area contributed by atoms with Crippen molar-refractivity contribution in [2.24, 2.45) is 0 Å². The van der Waals surface area contributed by atoms with Gasteiger partial charge in [0.2, 0.25) is 6.79 Å². The molecule has 1 unspecified atom stereocenters. The van der Waals surface area contributed by atoms with Crippen LogP contribution >= 0.6 is 11.6 Å². The normalized spacial score (nSPS) is 14.7. The average molecular weight is 279 g/mol. The fourth-order valence-electron chi connectivity index (χ4n) is 2.31. The van der Waals surface area contributed by atoms with Crippen molar-refractivity contribution in [1.29, 1.82) is 0 Å². The van der Waals surface area contributed by atoms with Crippen LogP contribution in [0.5, 0.6) is 11.5 Å². The zero-order chi connectivity index (χ0) is 13.4. The average Bonchev–Trinajstić information content (AvgIpc) is 2.81. The molecule has 0 bridgehead atoms. The standard InChI is InChI=1S/C14H15ClN2O2/c1-9(15)7-17(2)14-11-6-13-12(18-8-19-13)5-10(11)3-4-16-14/h3-6,9H,7-8H2,1-2H3. The first-order valence-corrected chi connectivity index (χ1v) is 6.62. The summed E-state index contributed by atoms with van der Waals surface area (Å²) in [5.74, 6) is 2.47. The first-order chi connectivity index (χ1) is 9.15. The van der Waals surface area contributed by atoms with E-state index in [-0.39, 0.29) is 12.2 Å². The van der Waals surface area contributed by atoms with Gasteiger partial charge in [-0.3, -0.25) is 0 Å². The van der Waals surface area contributed by atoms with Crippen molar-refractivity contribution in [2.75, 3.05) is 25.3 Å². The van der Waals surface area contributed by atoms with E-state index < -0.39 is 0 Å². The highest BCUT2D eigenvalue weighted by molar-refractivity contribution is 6.20. The van der Waals surface area contributed by atoms with Crippen LogP contribution in [0.2, 0.25) is 0 Å². The Hall–Kier alpha value is -1.68. The molecule has 0 N–H and O–H groups in total. The van der Waals surface area contributed by atoms with E-state index in [2.05, 4.69) is 9.88 Å². The molecule has 0 spiro atoms. The van der Waals surface area contributed by atoms with Crippen LogP contribution in [-0.4, -0.2) is 30.7 Å². The zero-order valence-electron chi connectivity index (χ0n) is 10.9. The molecular formula is C14H15ClN2O2. The van der Waals surface area contributed by atoms with Crippen LogP contribution in [0.1, 0.15) is 6.92 Å². The predicted octanol–water partition coefficient (Wildman–Crippen LogP) is 3.03. The molecule has 1 aliphatic rings. The van der Waals surface area contributed by atoms with Gasteiger partial charge in [-0.05, 0) is 30.5 Å². The molecule has 0 radical (unpaired) electrons. The first-order valence-electron chi connectivity index (χ1n) is 6.18. The third kappa shape index (κ3) is 2.28. The van der Waals surface area contributed by atoms with Crippen LogP contribution in [-0.2, 0) is 0 Å². The number of hydrogen-bond donors (Lipinski definition) is 0. The number of ether oxygens (including phenoxy) is 2. The molecule has 0 saturated heterocycles. The van der Waals surface area contributed by atoms with Gasteiger partial charge in [0.1, 0.15) is 5.82 Å². The van der Waals surface area contributed by atoms with Crippen molar-refractivity contribution in [3.05, 3.63) is 24.4 Å². The Labute approximate surface area is 116 Å². The van der Waals surface area contributed by atoms with Gasteiger partial charge in [-0.15, -0.1) is 11.6 Å². The number of hydrogen-bond acceptors (Lipinski definition) is 4. The van der Waals surface area contributed by atoms with Crippen LogP contribution < -0.4 is 14.4 Å². The summed E-state index contributed by atoms with van der Waals surface area (Å²) in [4.78, 5) is 6.51. The Morgan fingerprint density at radius 2 is 2.11 bits per heavy atom. The summed E-state index contributed by atoms with van der Waals surface area (Å²) >= 11 is 6.05. The molecule has 3 rings (SSSR count). The van der Waals surface area contributed by atoms with Gasteiger partial charge in [0.05, 0.1) is 0 Å². The molecule has 100 valence electrons. The van der Waals surface area contributed by atoms with Crippen LogP contribution in [0.25, 0.3) is 10.8 Å². The highest BCUT2D eigenvalue weighted by atomic mass is 35.5. The quantitative estimate of drug-likeness (QED) is 0.809. The number of anilines is 1. The fourth-order valence-corrected chi connectivity index (χ4v) is 2.52. The van der Waals surface area contributed by atoms with Gasteiger partial charge in [-0.1, -0.05) is 0 Å². The van der Waals surface area contributed by atoms with Crippen LogP contribution in [0, 0.1) is 0 Å². The number of benzene rings is 1. The van der Waals surface area contributed by atoms with Crippen LogP contribution in [0.4, 0.5) is 5.82 Å². The predicted molar refractivity (Wildman–Crippen MR) is 76.5 cm³/mol. The van der Waals surface area contributed by atoms with Crippen molar-refractivity contribution in [2.45, 2.75) is 12.3 Å². The second kappa shape index (κ2) is 4.78. The largest absolute Gasteiger partial charge is 0.454 e. The molecule has 1 aromatic carbocycles. The number of rotatable bonds is 3. The van der Waals surface area contributed by atoms with Crippen molar-refractivity contribution in [1.82, 2.24) is 4.98 Å². The number of fused-ring (bicyclic) bond motifs is 2. The van der Waals surface area contributed by atoms with E-state index in [0.717, 1.165) is 34.6 Å². The Balaban J connectivity index is 2.09. The highest BCUT2D eigenvalue weighted by Gasteiger charge is 2.17. The molecule has 0 fully saturated rings. The van der Waals surface area contributed by atoms with Gasteiger partial charge in [0.15, 0.2) is 11.5 Å². The first kappa shape index (κ1) is 12.4. The maximum Gasteiger partial charge on any atom is 0.231 e. The van der Waals surface area contributed by atoms with E-state index in [9.17, 15) is 0 Å². The molecule has 2 heterocycles. The number of pyridine rings is 1. The van der Waals surface area contributed by atoms with Gasteiger partial charge in [-0.2, -0.15) is 0 Å². The van der Waals surface area contributed by atoms with E-state index in [1.165, 1.54) is 0 Å². The molecule has 0 amide bonds. The lowest BCUT2D eigenvalue weighted by atomic mass is 10.1. The van der Waals surface area contributed by atoms with E-state index in [4.69, 9.17) is 21.1 Å². The van der Waals surface area contributed by atoms with Crippen molar-refractivity contribution in [3.63, 3.8) is 0 Å².